The van der Waals surface area contributed by atoms with Gasteiger partial charge in [-0.05, 0) is 32.3 Å². The van der Waals surface area contributed by atoms with E-state index in [1.165, 1.54) is 4.90 Å². The molecule has 9 heteroatoms. The van der Waals surface area contributed by atoms with Crippen LogP contribution in [0.5, 0.6) is 0 Å². The lowest BCUT2D eigenvalue weighted by Crippen LogP contribution is -2.57. The van der Waals surface area contributed by atoms with Crippen molar-refractivity contribution >= 4 is 17.8 Å². The van der Waals surface area contributed by atoms with E-state index in [-0.39, 0.29) is 19.6 Å². The maximum atomic E-state index is 13.1. The van der Waals surface area contributed by atoms with Crippen molar-refractivity contribution in [3.8, 4) is 0 Å². The summed E-state index contributed by atoms with van der Waals surface area (Å²) in [5.74, 6) is -3.33. The minimum absolute atomic E-state index is 0.204. The van der Waals surface area contributed by atoms with E-state index in [0.717, 1.165) is 5.56 Å². The van der Waals surface area contributed by atoms with Crippen LogP contribution in [0.2, 0.25) is 0 Å². The highest BCUT2D eigenvalue weighted by Gasteiger charge is 2.57. The first kappa shape index (κ1) is 23.2. The number of carbonyl (C=O) groups is 3. The van der Waals surface area contributed by atoms with Crippen LogP contribution in [0.4, 0.5) is 0 Å². The molecular formula is C22H30N2O7. The molecular weight excluding hydrogens is 404 g/mol. The van der Waals surface area contributed by atoms with Gasteiger partial charge in [0, 0.05) is 13.0 Å². The van der Waals surface area contributed by atoms with Crippen LogP contribution in [0.25, 0.3) is 0 Å². The number of esters is 1. The Bertz CT molecular complexity index is 779. The maximum absolute atomic E-state index is 13.1. The topological polar surface area (TPSA) is 114 Å². The number of hydrogen-bond donors (Lipinski definition) is 2. The number of carboxylic acid groups (broad SMARTS) is 1. The number of amides is 1. The van der Waals surface area contributed by atoms with Crippen LogP contribution in [0.15, 0.2) is 30.3 Å². The average molecular weight is 434 g/mol. The van der Waals surface area contributed by atoms with Crippen molar-refractivity contribution in [3.63, 3.8) is 0 Å². The zero-order valence-corrected chi connectivity index (χ0v) is 17.9. The first-order valence-electron chi connectivity index (χ1n) is 10.7. The smallest absolute Gasteiger partial charge is 0.332 e. The molecule has 0 bridgehead atoms. The van der Waals surface area contributed by atoms with Crippen molar-refractivity contribution in [1.29, 1.82) is 0 Å². The molecule has 2 heterocycles. The number of aliphatic carboxylic acids is 1. The average Bonchev–Trinajstić information content (AvgIpc) is 3.38. The fourth-order valence-electron chi connectivity index (χ4n) is 4.20. The number of aryl methyl sites for hydroxylation is 1. The van der Waals surface area contributed by atoms with Gasteiger partial charge in [0.1, 0.15) is 6.04 Å². The molecule has 2 saturated heterocycles. The van der Waals surface area contributed by atoms with Crippen LogP contribution >= 0.6 is 0 Å². The third-order valence-corrected chi connectivity index (χ3v) is 5.68. The normalized spacial score (nSPS) is 21.7. The summed E-state index contributed by atoms with van der Waals surface area (Å²) in [4.78, 5) is 38.8. The molecule has 2 N–H and O–H groups in total. The monoisotopic (exact) mass is 434 g/mol. The second kappa shape index (κ2) is 10.2. The van der Waals surface area contributed by atoms with E-state index in [9.17, 15) is 19.5 Å². The summed E-state index contributed by atoms with van der Waals surface area (Å²) < 4.78 is 16.3. The summed E-state index contributed by atoms with van der Waals surface area (Å²) >= 11 is 0. The van der Waals surface area contributed by atoms with Gasteiger partial charge < -0.3 is 24.2 Å². The number of nitrogens with zero attached hydrogens (tertiary/aromatic N) is 1. The third-order valence-electron chi connectivity index (χ3n) is 5.68. The van der Waals surface area contributed by atoms with E-state index in [1.807, 2.05) is 30.3 Å². The van der Waals surface area contributed by atoms with Gasteiger partial charge >= 0.3 is 11.9 Å². The SMILES string of the molecule is CCOC(=O)[C@H](CCc1ccccc1)NC(C)C(=O)N1CCC2(OCCO2)[C@H]1C(=O)O. The fraction of sp³-hybridized carbons (Fsp3) is 0.591. The molecule has 2 aliphatic heterocycles. The van der Waals surface area contributed by atoms with Gasteiger partial charge in [-0.1, -0.05) is 30.3 Å². The Kier molecular flexibility index (Phi) is 7.64. The summed E-state index contributed by atoms with van der Waals surface area (Å²) in [6, 6.07) is 7.01. The van der Waals surface area contributed by atoms with E-state index >= 15 is 0 Å². The highest BCUT2D eigenvalue weighted by Crippen LogP contribution is 2.37. The molecule has 0 aliphatic carbocycles. The highest BCUT2D eigenvalue weighted by atomic mass is 16.7. The molecule has 0 radical (unpaired) electrons. The largest absolute Gasteiger partial charge is 0.480 e. The summed E-state index contributed by atoms with van der Waals surface area (Å²) in [5.41, 5.74) is 1.07. The van der Waals surface area contributed by atoms with Gasteiger partial charge in [0.2, 0.25) is 11.7 Å². The number of hydrogen-bond acceptors (Lipinski definition) is 7. The predicted octanol–water partition coefficient (Wildman–Crippen LogP) is 0.958. The van der Waals surface area contributed by atoms with Crippen LogP contribution in [-0.2, 0) is 35.0 Å². The summed E-state index contributed by atoms with van der Waals surface area (Å²) in [7, 11) is 0. The number of carboxylic acids is 1. The minimum atomic E-state index is -1.30. The van der Waals surface area contributed by atoms with Crippen LogP contribution in [0.1, 0.15) is 32.3 Å². The zero-order chi connectivity index (χ0) is 22.4. The Morgan fingerprint density at radius 3 is 2.55 bits per heavy atom. The molecule has 170 valence electrons. The number of likely N-dealkylation sites (tertiary alicyclic amines) is 1. The van der Waals surface area contributed by atoms with Gasteiger partial charge in [0.25, 0.3) is 0 Å². The molecule has 2 aliphatic rings. The number of rotatable bonds is 9. The lowest BCUT2D eigenvalue weighted by Gasteiger charge is -2.32. The number of nitrogens with one attached hydrogen (secondary N) is 1. The Balaban J connectivity index is 1.68. The highest BCUT2D eigenvalue weighted by molar-refractivity contribution is 5.88. The van der Waals surface area contributed by atoms with Gasteiger partial charge in [0.05, 0.1) is 25.9 Å². The van der Waals surface area contributed by atoms with Gasteiger partial charge in [0.15, 0.2) is 6.04 Å². The number of benzene rings is 1. The molecule has 1 spiro atoms. The second-order valence-electron chi connectivity index (χ2n) is 7.75. The van der Waals surface area contributed by atoms with E-state index in [1.54, 1.807) is 13.8 Å². The van der Waals surface area contributed by atoms with Crippen LogP contribution in [0.3, 0.4) is 0 Å². The Morgan fingerprint density at radius 2 is 1.94 bits per heavy atom. The van der Waals surface area contributed by atoms with Crippen molar-refractivity contribution < 1.29 is 33.7 Å². The molecule has 1 aromatic rings. The molecule has 9 nitrogen and oxygen atoms in total. The van der Waals surface area contributed by atoms with Crippen molar-refractivity contribution in [2.24, 2.45) is 0 Å². The Morgan fingerprint density at radius 1 is 1.26 bits per heavy atom. The van der Waals surface area contributed by atoms with Crippen molar-refractivity contribution in [2.45, 2.75) is 57.0 Å². The molecule has 3 rings (SSSR count). The van der Waals surface area contributed by atoms with Gasteiger partial charge in [-0.25, -0.2) is 4.79 Å². The molecule has 31 heavy (non-hydrogen) atoms. The fourth-order valence-corrected chi connectivity index (χ4v) is 4.20. The standard InChI is InChI=1S/C22H30N2O7/c1-3-29-21(28)17(10-9-16-7-5-4-6-8-16)23-15(2)19(25)24-12-11-22(18(24)20(26)27)30-13-14-31-22/h4-8,15,17-18,23H,3,9-14H2,1-2H3,(H,26,27)/t15?,17-,18+/m0/s1. The Hall–Kier alpha value is -2.49. The molecule has 1 aromatic carbocycles. The predicted molar refractivity (Wildman–Crippen MR) is 110 cm³/mol. The lowest BCUT2D eigenvalue weighted by atomic mass is 10.0. The van der Waals surface area contributed by atoms with Crippen molar-refractivity contribution in [2.75, 3.05) is 26.4 Å². The summed E-state index contributed by atoms with van der Waals surface area (Å²) in [6.45, 7) is 4.37. The van der Waals surface area contributed by atoms with Crippen LogP contribution in [0, 0.1) is 0 Å². The van der Waals surface area contributed by atoms with Crippen molar-refractivity contribution in [3.05, 3.63) is 35.9 Å². The zero-order valence-electron chi connectivity index (χ0n) is 17.9. The number of ether oxygens (including phenoxy) is 3. The molecule has 0 saturated carbocycles. The van der Waals surface area contributed by atoms with E-state index in [0.29, 0.717) is 26.1 Å². The quantitative estimate of drug-likeness (QED) is 0.553. The van der Waals surface area contributed by atoms with Crippen molar-refractivity contribution in [1.82, 2.24) is 10.2 Å². The lowest BCUT2D eigenvalue weighted by molar-refractivity contribution is -0.192. The van der Waals surface area contributed by atoms with Gasteiger partial charge in [-0.15, -0.1) is 0 Å². The van der Waals surface area contributed by atoms with E-state index in [2.05, 4.69) is 5.32 Å². The Labute approximate surface area is 181 Å². The first-order valence-corrected chi connectivity index (χ1v) is 10.7. The van der Waals surface area contributed by atoms with Crippen LogP contribution in [-0.4, -0.2) is 78.1 Å². The first-order chi connectivity index (χ1) is 14.9. The number of carbonyl (C=O) groups excluding carboxylic acids is 2. The molecule has 0 aromatic heterocycles. The summed E-state index contributed by atoms with van der Waals surface area (Å²) in [6.07, 6.45) is 1.36. The van der Waals surface area contributed by atoms with Crippen LogP contribution < -0.4 is 5.32 Å². The van der Waals surface area contributed by atoms with E-state index in [4.69, 9.17) is 14.2 Å². The second-order valence-corrected chi connectivity index (χ2v) is 7.75. The third kappa shape index (κ3) is 5.23. The summed E-state index contributed by atoms with van der Waals surface area (Å²) in [5, 5.41) is 12.8. The molecule has 2 fully saturated rings. The van der Waals surface area contributed by atoms with E-state index < -0.39 is 41.8 Å². The van der Waals surface area contributed by atoms with Gasteiger partial charge in [-0.2, -0.15) is 0 Å². The molecule has 1 unspecified atom stereocenters. The maximum Gasteiger partial charge on any atom is 0.332 e. The molecule has 1 amide bonds. The molecule has 3 atom stereocenters. The van der Waals surface area contributed by atoms with Gasteiger partial charge in [-0.3, -0.25) is 14.9 Å². The minimum Gasteiger partial charge on any atom is -0.480 e.